The van der Waals surface area contributed by atoms with E-state index in [9.17, 15) is 0 Å². The molecule has 4 heterocycles. The minimum Gasteiger partial charge on any atom is -0.456 e. The van der Waals surface area contributed by atoms with Crippen LogP contribution in [0.5, 0.6) is 0 Å². The molecule has 0 atom stereocenters. The number of hydrogen-bond donors (Lipinski definition) is 0. The lowest BCUT2D eigenvalue weighted by Crippen LogP contribution is -2.00. The maximum Gasteiger partial charge on any atom is 0.164 e. The van der Waals surface area contributed by atoms with Gasteiger partial charge in [0.2, 0.25) is 0 Å². The number of para-hydroxylation sites is 2. The van der Waals surface area contributed by atoms with E-state index < -0.39 is 18.1 Å². The molecule has 0 fully saturated rings. The maximum atomic E-state index is 8.84. The van der Waals surface area contributed by atoms with E-state index in [-0.39, 0.29) is 29.3 Å². The Morgan fingerprint density at radius 2 is 1.14 bits per heavy atom. The van der Waals surface area contributed by atoms with Gasteiger partial charge in [-0.25, -0.2) is 15.0 Å². The number of fused-ring (bicyclic) bond motifs is 9. The van der Waals surface area contributed by atoms with Crippen molar-refractivity contribution in [2.75, 3.05) is 0 Å². The molecule has 51 heavy (non-hydrogen) atoms. The van der Waals surface area contributed by atoms with Crippen LogP contribution in [0.2, 0.25) is 0 Å². The van der Waals surface area contributed by atoms with E-state index in [4.69, 9.17) is 26.2 Å². The third-order valence-corrected chi connectivity index (χ3v) is 10.7. The summed E-state index contributed by atoms with van der Waals surface area (Å²) in [7, 11) is 0. The molecule has 0 aliphatic rings. The average molecular weight is 676 g/mol. The molecule has 0 saturated heterocycles. The summed E-state index contributed by atoms with van der Waals surface area (Å²) in [4.78, 5) is 14.9. The Hall–Kier alpha value is -6.63. The highest BCUT2D eigenvalue weighted by Crippen LogP contribution is 2.42. The Kier molecular flexibility index (Phi) is 5.08. The number of rotatable bonds is 4. The van der Waals surface area contributed by atoms with Gasteiger partial charge in [0.05, 0.1) is 17.9 Å². The lowest BCUT2D eigenvalue weighted by molar-refractivity contribution is 0.668. The molecule has 4 aromatic heterocycles. The van der Waals surface area contributed by atoms with Gasteiger partial charge in [0.25, 0.3) is 0 Å². The van der Waals surface area contributed by atoms with Crippen LogP contribution in [0.25, 0.3) is 104 Å². The fourth-order valence-corrected chi connectivity index (χ4v) is 8.52. The van der Waals surface area contributed by atoms with Gasteiger partial charge in [0.1, 0.15) is 11.2 Å². The summed E-state index contributed by atoms with van der Waals surface area (Å²) < 4.78 is 53.8. The number of nitrogens with zero attached hydrogens (tertiary/aromatic N) is 4. The van der Waals surface area contributed by atoms with Crippen LogP contribution in [0.15, 0.2) is 162 Å². The van der Waals surface area contributed by atoms with E-state index in [1.807, 2.05) is 54.6 Å². The summed E-state index contributed by atoms with van der Waals surface area (Å²) in [6.45, 7) is 0. The molecule has 11 rings (SSSR count). The Morgan fingerprint density at radius 1 is 0.510 bits per heavy atom. The van der Waals surface area contributed by atoms with Gasteiger partial charge in [-0.3, -0.25) is 0 Å². The van der Waals surface area contributed by atoms with Gasteiger partial charge < -0.3 is 8.98 Å². The predicted octanol–water partition coefficient (Wildman–Crippen LogP) is 12.2. The third-order valence-electron chi connectivity index (χ3n) is 9.56. The van der Waals surface area contributed by atoms with E-state index in [2.05, 4.69) is 77.4 Å². The molecule has 0 spiro atoms. The summed E-state index contributed by atoms with van der Waals surface area (Å²) in [6, 6.07) is 40.6. The van der Waals surface area contributed by atoms with Gasteiger partial charge in [-0.1, -0.05) is 109 Å². The van der Waals surface area contributed by atoms with Crippen LogP contribution in [0, 0.1) is 0 Å². The largest absolute Gasteiger partial charge is 0.456 e. The van der Waals surface area contributed by atoms with E-state index >= 15 is 0 Å². The molecule has 7 aromatic carbocycles. The molecule has 0 N–H and O–H groups in total. The van der Waals surface area contributed by atoms with Gasteiger partial charge in [-0.05, 0) is 42.5 Å². The first-order chi connectivity index (χ1) is 27.4. The molecule has 0 saturated carbocycles. The molecule has 0 radical (unpaired) electrons. The first kappa shape index (κ1) is 23.7. The van der Waals surface area contributed by atoms with Gasteiger partial charge >= 0.3 is 0 Å². The molecule has 6 heteroatoms. The number of thiophene rings is 1. The average Bonchev–Trinajstić information content (AvgIpc) is 3.91. The second-order valence-corrected chi connectivity index (χ2v) is 13.5. The van der Waals surface area contributed by atoms with Crippen LogP contribution in [-0.2, 0) is 0 Å². The van der Waals surface area contributed by atoms with Crippen LogP contribution in [-0.4, -0.2) is 19.5 Å². The van der Waals surface area contributed by atoms with Crippen LogP contribution in [0.4, 0.5) is 0 Å². The van der Waals surface area contributed by atoms with Crippen molar-refractivity contribution < 1.29 is 11.3 Å². The summed E-state index contributed by atoms with van der Waals surface area (Å²) in [5.41, 5.74) is 5.77. The monoisotopic (exact) mass is 675 g/mol. The van der Waals surface area contributed by atoms with Crippen LogP contribution in [0.3, 0.4) is 0 Å². The minimum absolute atomic E-state index is 0.0167. The van der Waals surface area contributed by atoms with Crippen molar-refractivity contribution in [3.05, 3.63) is 158 Å². The van der Waals surface area contributed by atoms with Crippen molar-refractivity contribution in [3.63, 3.8) is 0 Å². The molecular weight excluding hydrogens is 645 g/mol. The number of furan rings is 1. The van der Waals surface area contributed by atoms with Crippen molar-refractivity contribution in [2.45, 2.75) is 0 Å². The van der Waals surface area contributed by atoms with E-state index in [1.165, 1.54) is 10.8 Å². The highest BCUT2D eigenvalue weighted by Gasteiger charge is 2.21. The topological polar surface area (TPSA) is 56.7 Å². The Morgan fingerprint density at radius 3 is 1.90 bits per heavy atom. The van der Waals surface area contributed by atoms with Gasteiger partial charge in [-0.15, -0.1) is 11.3 Å². The van der Waals surface area contributed by atoms with Crippen molar-refractivity contribution in [1.82, 2.24) is 19.5 Å². The third kappa shape index (κ3) is 4.30. The summed E-state index contributed by atoms with van der Waals surface area (Å²) in [6.07, 6.45) is 0. The van der Waals surface area contributed by atoms with Crippen molar-refractivity contribution >= 4 is 75.3 Å². The quantitative estimate of drug-likeness (QED) is 0.186. The van der Waals surface area contributed by atoms with Crippen LogP contribution < -0.4 is 0 Å². The number of hydrogen-bond acceptors (Lipinski definition) is 5. The summed E-state index contributed by atoms with van der Waals surface area (Å²) >= 11 is 1.67. The fraction of sp³-hybridized carbons (Fsp3) is 0. The van der Waals surface area contributed by atoms with Gasteiger partial charge in [-0.2, -0.15) is 0 Å². The van der Waals surface area contributed by atoms with E-state index in [1.54, 1.807) is 11.3 Å². The second kappa shape index (κ2) is 10.9. The molecule has 0 unspecified atom stereocenters. The molecular formula is C45H26N4OS. The molecule has 11 aromatic rings. The first-order valence-corrected chi connectivity index (χ1v) is 17.4. The fourth-order valence-electron chi connectivity index (χ4n) is 7.39. The molecule has 5 nitrogen and oxygen atoms in total. The Balaban J connectivity index is 1.17. The zero-order chi connectivity index (χ0) is 37.8. The smallest absolute Gasteiger partial charge is 0.164 e. The maximum absolute atomic E-state index is 8.84. The highest BCUT2D eigenvalue weighted by atomic mass is 32.1. The first-order valence-electron chi connectivity index (χ1n) is 19.0. The van der Waals surface area contributed by atoms with Crippen molar-refractivity contribution in [3.8, 4) is 39.9 Å². The molecule has 238 valence electrons. The van der Waals surface area contributed by atoms with Crippen molar-refractivity contribution in [2.24, 2.45) is 0 Å². The summed E-state index contributed by atoms with van der Waals surface area (Å²) in [5.74, 6) is 0.592. The van der Waals surface area contributed by atoms with E-state index in [0.29, 0.717) is 22.6 Å². The molecule has 0 bridgehead atoms. The molecule has 0 aliphatic carbocycles. The second-order valence-electron chi connectivity index (χ2n) is 12.4. The zero-order valence-corrected chi connectivity index (χ0v) is 27.5. The van der Waals surface area contributed by atoms with Crippen molar-refractivity contribution in [1.29, 1.82) is 0 Å². The standard InChI is InChI=1S/C45H26N4OS/c1-2-12-27(13-3-1)43-46-44(48-45(47-43)34-18-11-23-40-42(34)32-16-6-9-22-39(32)51-40)33-17-10-21-37-41(33)31-25-24-28(26-38(31)50-37)49-35-19-7-4-14-29(35)30-15-5-8-20-36(30)49/h1-26H/i1D,2D,3D,12D,13D. The van der Waals surface area contributed by atoms with Gasteiger partial charge in [0, 0.05) is 70.2 Å². The van der Waals surface area contributed by atoms with E-state index in [0.717, 1.165) is 53.2 Å². The normalized spacial score (nSPS) is 13.3. The highest BCUT2D eigenvalue weighted by molar-refractivity contribution is 7.25. The Labute approximate surface area is 302 Å². The predicted molar refractivity (Wildman–Crippen MR) is 211 cm³/mol. The number of aromatic nitrogens is 4. The molecule has 0 amide bonds. The van der Waals surface area contributed by atoms with Crippen LogP contribution in [0.1, 0.15) is 6.85 Å². The molecule has 0 aliphatic heterocycles. The van der Waals surface area contributed by atoms with Crippen LogP contribution >= 0.6 is 11.3 Å². The zero-order valence-electron chi connectivity index (χ0n) is 31.7. The lowest BCUT2D eigenvalue weighted by atomic mass is 10.0. The Bertz CT molecular complexity index is 3380. The minimum atomic E-state index is -0.484. The number of benzene rings is 7. The van der Waals surface area contributed by atoms with Gasteiger partial charge in [0.15, 0.2) is 17.5 Å². The summed E-state index contributed by atoms with van der Waals surface area (Å²) in [5, 5.41) is 6.01. The lowest BCUT2D eigenvalue weighted by Gasteiger charge is -2.10. The SMILES string of the molecule is [2H]c1c([2H])c([2H])c(-c2nc(-c3cccc4oc5cc(-n6c7ccccc7c7ccccc76)ccc5c34)nc(-c3cccc4sc5ccccc5c34)n2)c([2H])c1[2H].